The van der Waals surface area contributed by atoms with Gasteiger partial charge in [-0.2, -0.15) is 0 Å². The number of Topliss-reactive ketones (excluding diaryl/α,β-unsaturated/α-hetero) is 1. The number of nitrogens with zero attached hydrogens (tertiary/aromatic N) is 1. The van der Waals surface area contributed by atoms with Crippen molar-refractivity contribution in [3.63, 3.8) is 0 Å². The van der Waals surface area contributed by atoms with Crippen molar-refractivity contribution in [3.8, 4) is 17.0 Å². The molecule has 0 aliphatic heterocycles. The SMILES string of the molecule is COc1ccc(C(=O)C(C)OC(=O)c2c(C)c(-c3cccc(Cl)c3)nc3ccccc23)cc1. The molecule has 1 unspecified atom stereocenters. The van der Waals surface area contributed by atoms with Gasteiger partial charge in [0.25, 0.3) is 0 Å². The van der Waals surface area contributed by atoms with Crippen molar-refractivity contribution in [3.05, 3.63) is 94.5 Å². The number of esters is 1. The molecule has 0 N–H and O–H groups in total. The molecule has 6 heteroatoms. The lowest BCUT2D eigenvalue weighted by atomic mass is 9.97. The molecule has 4 rings (SSSR count). The van der Waals surface area contributed by atoms with Crippen LogP contribution in [0.15, 0.2) is 72.8 Å². The third kappa shape index (κ3) is 4.59. The molecule has 166 valence electrons. The van der Waals surface area contributed by atoms with Crippen LogP contribution in [0.2, 0.25) is 5.02 Å². The largest absolute Gasteiger partial charge is 0.497 e. The predicted octanol–water partition coefficient (Wildman–Crippen LogP) is 6.30. The fraction of sp³-hybridized carbons (Fsp3) is 0.148. The molecule has 0 saturated carbocycles. The number of hydrogen-bond acceptors (Lipinski definition) is 5. The molecule has 0 radical (unpaired) electrons. The van der Waals surface area contributed by atoms with Crippen molar-refractivity contribution >= 4 is 34.3 Å². The first-order valence-corrected chi connectivity index (χ1v) is 10.8. The van der Waals surface area contributed by atoms with E-state index in [0.717, 1.165) is 5.56 Å². The average molecular weight is 460 g/mol. The summed E-state index contributed by atoms with van der Waals surface area (Å²) in [6.07, 6.45) is -0.966. The maximum atomic E-state index is 13.3. The Bertz CT molecular complexity index is 1350. The number of ketones is 1. The van der Waals surface area contributed by atoms with E-state index in [4.69, 9.17) is 26.1 Å². The molecular formula is C27H22ClNO4. The van der Waals surface area contributed by atoms with Crippen molar-refractivity contribution in [2.45, 2.75) is 20.0 Å². The van der Waals surface area contributed by atoms with Gasteiger partial charge in [0.2, 0.25) is 5.78 Å². The summed E-state index contributed by atoms with van der Waals surface area (Å²) in [5.41, 5.74) is 3.56. The number of pyridine rings is 1. The fourth-order valence-electron chi connectivity index (χ4n) is 3.75. The fourth-order valence-corrected chi connectivity index (χ4v) is 3.94. The van der Waals surface area contributed by atoms with Crippen LogP contribution in [-0.4, -0.2) is 30.0 Å². The highest BCUT2D eigenvalue weighted by Gasteiger charge is 2.25. The van der Waals surface area contributed by atoms with Crippen molar-refractivity contribution < 1.29 is 19.1 Å². The highest BCUT2D eigenvalue weighted by atomic mass is 35.5. The van der Waals surface area contributed by atoms with E-state index in [2.05, 4.69) is 0 Å². The van der Waals surface area contributed by atoms with Crippen LogP contribution in [0, 0.1) is 6.92 Å². The lowest BCUT2D eigenvalue weighted by Crippen LogP contribution is -2.25. The van der Waals surface area contributed by atoms with Crippen LogP contribution in [0.3, 0.4) is 0 Å². The number of halogens is 1. The molecule has 0 spiro atoms. The Morgan fingerprint density at radius 1 is 0.970 bits per heavy atom. The zero-order chi connectivity index (χ0) is 23.5. The van der Waals surface area contributed by atoms with Gasteiger partial charge in [0.05, 0.1) is 23.9 Å². The van der Waals surface area contributed by atoms with E-state index in [1.54, 1.807) is 50.4 Å². The molecular weight excluding hydrogens is 438 g/mol. The van der Waals surface area contributed by atoms with Crippen LogP contribution >= 0.6 is 11.6 Å². The summed E-state index contributed by atoms with van der Waals surface area (Å²) < 4.78 is 10.8. The van der Waals surface area contributed by atoms with E-state index in [1.165, 1.54) is 0 Å². The molecule has 1 atom stereocenters. The van der Waals surface area contributed by atoms with Crippen LogP contribution in [-0.2, 0) is 4.74 Å². The Morgan fingerprint density at radius 2 is 1.70 bits per heavy atom. The van der Waals surface area contributed by atoms with E-state index < -0.39 is 12.1 Å². The zero-order valence-corrected chi connectivity index (χ0v) is 19.2. The minimum Gasteiger partial charge on any atom is -0.497 e. The Kier molecular flexibility index (Phi) is 6.43. The standard InChI is InChI=1S/C27H22ClNO4/c1-16-24(27(31)33-17(2)26(30)18-11-13-21(32-3)14-12-18)22-9-4-5-10-23(22)29-25(16)19-7-6-8-20(28)15-19/h4-15,17H,1-3H3. The summed E-state index contributed by atoms with van der Waals surface area (Å²) in [5, 5.41) is 1.24. The first kappa shape index (κ1) is 22.5. The minimum atomic E-state index is -0.966. The van der Waals surface area contributed by atoms with E-state index >= 15 is 0 Å². The van der Waals surface area contributed by atoms with Crippen molar-refractivity contribution in [1.29, 1.82) is 0 Å². The first-order valence-electron chi connectivity index (χ1n) is 10.4. The molecule has 0 bridgehead atoms. The number of carbonyl (C=O) groups is 2. The summed E-state index contributed by atoms with van der Waals surface area (Å²) in [4.78, 5) is 30.9. The Balaban J connectivity index is 1.71. The summed E-state index contributed by atoms with van der Waals surface area (Å²) in [5.74, 6) is -0.232. The summed E-state index contributed by atoms with van der Waals surface area (Å²) >= 11 is 6.18. The number of benzene rings is 3. The summed E-state index contributed by atoms with van der Waals surface area (Å²) in [6, 6.07) is 21.4. The molecule has 1 heterocycles. The van der Waals surface area contributed by atoms with Crippen LogP contribution < -0.4 is 4.74 Å². The van der Waals surface area contributed by atoms with Gasteiger partial charge in [-0.1, -0.05) is 41.9 Å². The lowest BCUT2D eigenvalue weighted by Gasteiger charge is -2.17. The van der Waals surface area contributed by atoms with Gasteiger partial charge < -0.3 is 9.47 Å². The van der Waals surface area contributed by atoms with Crippen molar-refractivity contribution in [2.24, 2.45) is 0 Å². The van der Waals surface area contributed by atoms with E-state index in [9.17, 15) is 9.59 Å². The predicted molar refractivity (Wildman–Crippen MR) is 129 cm³/mol. The molecule has 0 aliphatic carbocycles. The number of fused-ring (bicyclic) bond motifs is 1. The topological polar surface area (TPSA) is 65.5 Å². The van der Waals surface area contributed by atoms with Gasteiger partial charge >= 0.3 is 5.97 Å². The Hall–Kier alpha value is -3.70. The average Bonchev–Trinajstić information content (AvgIpc) is 2.83. The van der Waals surface area contributed by atoms with E-state index in [0.29, 0.717) is 44.1 Å². The number of hydrogen-bond donors (Lipinski definition) is 0. The van der Waals surface area contributed by atoms with Gasteiger partial charge in [-0.05, 0) is 61.9 Å². The van der Waals surface area contributed by atoms with Gasteiger partial charge in [0.15, 0.2) is 6.10 Å². The molecule has 33 heavy (non-hydrogen) atoms. The molecule has 5 nitrogen and oxygen atoms in total. The third-order valence-corrected chi connectivity index (χ3v) is 5.70. The number of rotatable bonds is 6. The van der Waals surface area contributed by atoms with E-state index in [1.807, 2.05) is 43.3 Å². The maximum absolute atomic E-state index is 13.3. The van der Waals surface area contributed by atoms with Gasteiger partial charge in [-0.3, -0.25) is 4.79 Å². The normalized spacial score (nSPS) is 11.8. The monoisotopic (exact) mass is 459 g/mol. The van der Waals surface area contributed by atoms with Gasteiger partial charge in [-0.15, -0.1) is 0 Å². The summed E-state index contributed by atoms with van der Waals surface area (Å²) in [6.45, 7) is 3.39. The van der Waals surface area contributed by atoms with Crippen molar-refractivity contribution in [1.82, 2.24) is 4.98 Å². The zero-order valence-electron chi connectivity index (χ0n) is 18.5. The molecule has 3 aromatic carbocycles. The van der Waals surface area contributed by atoms with Crippen LogP contribution in [0.5, 0.6) is 5.75 Å². The maximum Gasteiger partial charge on any atom is 0.339 e. The van der Waals surface area contributed by atoms with Gasteiger partial charge in [0.1, 0.15) is 5.75 Å². The third-order valence-electron chi connectivity index (χ3n) is 5.47. The second-order valence-corrected chi connectivity index (χ2v) is 8.06. The van der Waals surface area contributed by atoms with Crippen LogP contribution in [0.25, 0.3) is 22.2 Å². The lowest BCUT2D eigenvalue weighted by molar-refractivity contribution is 0.0320. The van der Waals surface area contributed by atoms with Crippen LogP contribution in [0.1, 0.15) is 33.2 Å². The molecule has 0 amide bonds. The second-order valence-electron chi connectivity index (χ2n) is 7.63. The number of para-hydroxylation sites is 1. The number of aromatic nitrogens is 1. The van der Waals surface area contributed by atoms with Gasteiger partial charge in [-0.25, -0.2) is 9.78 Å². The number of carbonyl (C=O) groups excluding carboxylic acids is 2. The Morgan fingerprint density at radius 3 is 2.39 bits per heavy atom. The van der Waals surface area contributed by atoms with E-state index in [-0.39, 0.29) is 5.78 Å². The van der Waals surface area contributed by atoms with Gasteiger partial charge in [0, 0.05) is 21.5 Å². The molecule has 0 saturated heterocycles. The first-order chi connectivity index (χ1) is 15.9. The molecule has 0 aliphatic rings. The second kappa shape index (κ2) is 9.43. The molecule has 4 aromatic rings. The highest BCUT2D eigenvalue weighted by Crippen LogP contribution is 2.31. The van der Waals surface area contributed by atoms with Crippen molar-refractivity contribution in [2.75, 3.05) is 7.11 Å². The number of methoxy groups -OCH3 is 1. The van der Waals surface area contributed by atoms with Crippen LogP contribution in [0.4, 0.5) is 0 Å². The number of ether oxygens (including phenoxy) is 2. The smallest absolute Gasteiger partial charge is 0.339 e. The quantitative estimate of drug-likeness (QED) is 0.250. The Labute approximate surface area is 196 Å². The highest BCUT2D eigenvalue weighted by molar-refractivity contribution is 6.30. The molecule has 1 aromatic heterocycles. The summed E-state index contributed by atoms with van der Waals surface area (Å²) in [7, 11) is 1.56. The molecule has 0 fully saturated rings. The minimum absolute atomic E-state index is 0.294.